The van der Waals surface area contributed by atoms with E-state index in [2.05, 4.69) is 31.8 Å². The number of benzene rings is 1. The highest BCUT2D eigenvalue weighted by atomic mass is 16.3. The number of nitriles is 1. The van der Waals surface area contributed by atoms with Crippen LogP contribution in [0.2, 0.25) is 0 Å². The van der Waals surface area contributed by atoms with Crippen LogP contribution in [0.5, 0.6) is 0 Å². The van der Waals surface area contributed by atoms with Crippen molar-refractivity contribution in [2.45, 2.75) is 39.3 Å². The molecule has 3 N–H and O–H groups in total. The highest BCUT2D eigenvalue weighted by Crippen LogP contribution is 2.23. The fourth-order valence-corrected chi connectivity index (χ4v) is 3.06. The summed E-state index contributed by atoms with van der Waals surface area (Å²) in [5, 5.41) is 28.1. The molecule has 1 amide bonds. The predicted octanol–water partition coefficient (Wildman–Crippen LogP) is 2.81. The molecule has 31 heavy (non-hydrogen) atoms. The highest BCUT2D eigenvalue weighted by molar-refractivity contribution is 5.95. The average molecular weight is 419 g/mol. The number of aliphatic hydroxyl groups is 1. The first kappa shape index (κ1) is 21.9. The van der Waals surface area contributed by atoms with Crippen molar-refractivity contribution < 1.29 is 9.90 Å². The Morgan fingerprint density at radius 3 is 2.74 bits per heavy atom. The first-order valence-corrected chi connectivity index (χ1v) is 10.1. The lowest BCUT2D eigenvalue weighted by molar-refractivity contribution is 0.0944. The van der Waals surface area contributed by atoms with Gasteiger partial charge in [-0.2, -0.15) is 10.4 Å². The zero-order valence-electron chi connectivity index (χ0n) is 17.5. The SMILES string of the molecule is CCCC(C#N)NC(=O)c1ccc(-c2nc(Nc3cnn(CCO)c3)ncc2C)cc1. The Hall–Kier alpha value is -3.77. The fourth-order valence-electron chi connectivity index (χ4n) is 3.06. The second kappa shape index (κ2) is 10.3. The minimum absolute atomic E-state index is 0.0100. The van der Waals surface area contributed by atoms with Gasteiger partial charge >= 0.3 is 0 Å². The summed E-state index contributed by atoms with van der Waals surface area (Å²) in [5.41, 5.74) is 3.69. The third kappa shape index (κ3) is 5.65. The third-order valence-electron chi connectivity index (χ3n) is 4.65. The lowest BCUT2D eigenvalue weighted by atomic mass is 10.1. The number of aromatic nitrogens is 4. The number of nitrogens with zero attached hydrogens (tertiary/aromatic N) is 5. The van der Waals surface area contributed by atoms with Crippen LogP contribution < -0.4 is 10.6 Å². The number of aryl methyl sites for hydroxylation is 1. The topological polar surface area (TPSA) is 129 Å². The van der Waals surface area contributed by atoms with Gasteiger partial charge in [0, 0.05) is 23.5 Å². The van der Waals surface area contributed by atoms with Gasteiger partial charge < -0.3 is 15.7 Å². The van der Waals surface area contributed by atoms with Gasteiger partial charge in [0.25, 0.3) is 5.91 Å². The number of hydrogen-bond donors (Lipinski definition) is 3. The molecule has 0 saturated heterocycles. The van der Waals surface area contributed by atoms with E-state index in [1.54, 1.807) is 35.4 Å². The number of amides is 1. The van der Waals surface area contributed by atoms with Gasteiger partial charge in [0.15, 0.2) is 0 Å². The monoisotopic (exact) mass is 419 g/mol. The van der Waals surface area contributed by atoms with Crippen molar-refractivity contribution in [3.63, 3.8) is 0 Å². The summed E-state index contributed by atoms with van der Waals surface area (Å²) in [4.78, 5) is 21.3. The summed E-state index contributed by atoms with van der Waals surface area (Å²) in [6.07, 6.45) is 6.57. The van der Waals surface area contributed by atoms with E-state index in [4.69, 9.17) is 10.4 Å². The largest absolute Gasteiger partial charge is 0.394 e. The van der Waals surface area contributed by atoms with Gasteiger partial charge in [-0.15, -0.1) is 0 Å². The van der Waals surface area contributed by atoms with E-state index in [0.717, 1.165) is 28.9 Å². The van der Waals surface area contributed by atoms with Gasteiger partial charge in [0.1, 0.15) is 6.04 Å². The molecule has 0 aliphatic carbocycles. The van der Waals surface area contributed by atoms with Gasteiger partial charge in [-0.1, -0.05) is 25.5 Å². The molecule has 2 heterocycles. The first-order valence-electron chi connectivity index (χ1n) is 10.1. The quantitative estimate of drug-likeness (QED) is 0.486. The van der Waals surface area contributed by atoms with Gasteiger partial charge in [-0.25, -0.2) is 9.97 Å². The summed E-state index contributed by atoms with van der Waals surface area (Å²) in [5.74, 6) is 0.149. The Kier molecular flexibility index (Phi) is 7.30. The number of carbonyl (C=O) groups is 1. The first-order chi connectivity index (χ1) is 15.0. The Balaban J connectivity index is 1.75. The van der Waals surface area contributed by atoms with E-state index in [1.165, 1.54) is 0 Å². The van der Waals surface area contributed by atoms with E-state index in [1.807, 2.05) is 26.0 Å². The summed E-state index contributed by atoms with van der Waals surface area (Å²) in [6, 6.07) is 8.72. The number of anilines is 2. The molecule has 0 aliphatic heterocycles. The Morgan fingerprint density at radius 1 is 1.29 bits per heavy atom. The zero-order chi connectivity index (χ0) is 22.2. The lowest BCUT2D eigenvalue weighted by Crippen LogP contribution is -2.33. The Labute approximate surface area is 180 Å². The van der Waals surface area contributed by atoms with Crippen molar-refractivity contribution in [1.29, 1.82) is 5.26 Å². The second-order valence-corrected chi connectivity index (χ2v) is 7.09. The van der Waals surface area contributed by atoms with Crippen LogP contribution in [0.1, 0.15) is 35.7 Å². The molecule has 3 aromatic rings. The normalized spacial score (nSPS) is 11.5. The standard InChI is InChI=1S/C22H25N7O2/c1-3-4-18(11-23)26-21(31)17-7-5-16(6-8-17)20-15(2)12-24-22(28-20)27-19-13-25-29(14-19)9-10-30/h5-8,12-14,18,30H,3-4,9-10H2,1-2H3,(H,26,31)(H,24,27,28). The zero-order valence-corrected chi connectivity index (χ0v) is 17.5. The maximum atomic E-state index is 12.4. The Morgan fingerprint density at radius 2 is 2.06 bits per heavy atom. The molecule has 9 heteroatoms. The van der Waals surface area contributed by atoms with Crippen molar-refractivity contribution >= 4 is 17.5 Å². The highest BCUT2D eigenvalue weighted by Gasteiger charge is 2.13. The molecule has 0 spiro atoms. The maximum absolute atomic E-state index is 12.4. The number of nitrogens with one attached hydrogen (secondary N) is 2. The van der Waals surface area contributed by atoms with Crippen molar-refractivity contribution in [3.05, 3.63) is 54.0 Å². The molecule has 3 rings (SSSR count). The van der Waals surface area contributed by atoms with Crippen molar-refractivity contribution in [3.8, 4) is 17.3 Å². The smallest absolute Gasteiger partial charge is 0.252 e. The summed E-state index contributed by atoms with van der Waals surface area (Å²) in [6.45, 7) is 4.31. The average Bonchev–Trinajstić information content (AvgIpc) is 3.22. The number of carbonyl (C=O) groups excluding carboxylic acids is 1. The van der Waals surface area contributed by atoms with Crippen LogP contribution in [-0.2, 0) is 6.54 Å². The van der Waals surface area contributed by atoms with E-state index < -0.39 is 6.04 Å². The van der Waals surface area contributed by atoms with E-state index in [-0.39, 0.29) is 12.5 Å². The molecule has 1 unspecified atom stereocenters. The van der Waals surface area contributed by atoms with Gasteiger partial charge in [-0.3, -0.25) is 9.48 Å². The molecule has 1 aromatic carbocycles. The van der Waals surface area contributed by atoms with Crippen LogP contribution in [-0.4, -0.2) is 43.4 Å². The Bertz CT molecular complexity index is 1070. The van der Waals surface area contributed by atoms with Gasteiger partial charge in [-0.05, 0) is 31.0 Å². The summed E-state index contributed by atoms with van der Waals surface area (Å²) < 4.78 is 1.62. The lowest BCUT2D eigenvalue weighted by Gasteiger charge is -2.11. The molecule has 0 fully saturated rings. The van der Waals surface area contributed by atoms with Crippen LogP contribution in [0.3, 0.4) is 0 Å². The minimum atomic E-state index is -0.489. The van der Waals surface area contributed by atoms with E-state index in [0.29, 0.717) is 24.5 Å². The summed E-state index contributed by atoms with van der Waals surface area (Å²) in [7, 11) is 0. The van der Waals surface area contributed by atoms with Crippen molar-refractivity contribution in [1.82, 2.24) is 25.1 Å². The maximum Gasteiger partial charge on any atom is 0.252 e. The van der Waals surface area contributed by atoms with Crippen LogP contribution in [0.25, 0.3) is 11.3 Å². The fraction of sp³-hybridized carbons (Fsp3) is 0.318. The third-order valence-corrected chi connectivity index (χ3v) is 4.65. The molecular weight excluding hydrogens is 394 g/mol. The molecule has 9 nitrogen and oxygen atoms in total. The van der Waals surface area contributed by atoms with E-state index in [9.17, 15) is 4.79 Å². The van der Waals surface area contributed by atoms with Crippen molar-refractivity contribution in [2.24, 2.45) is 0 Å². The molecule has 160 valence electrons. The molecule has 0 radical (unpaired) electrons. The molecule has 0 saturated carbocycles. The van der Waals surface area contributed by atoms with Crippen LogP contribution in [0.4, 0.5) is 11.6 Å². The second-order valence-electron chi connectivity index (χ2n) is 7.09. The minimum Gasteiger partial charge on any atom is -0.394 e. The van der Waals surface area contributed by atoms with Crippen LogP contribution in [0.15, 0.2) is 42.9 Å². The number of aliphatic hydroxyl groups excluding tert-OH is 1. The molecule has 2 aromatic heterocycles. The molecule has 0 bridgehead atoms. The van der Waals surface area contributed by atoms with Crippen molar-refractivity contribution in [2.75, 3.05) is 11.9 Å². The van der Waals surface area contributed by atoms with E-state index >= 15 is 0 Å². The number of rotatable bonds is 9. The summed E-state index contributed by atoms with van der Waals surface area (Å²) >= 11 is 0. The molecule has 0 aliphatic rings. The molecule has 1 atom stereocenters. The van der Waals surface area contributed by atoms with Gasteiger partial charge in [0.2, 0.25) is 5.95 Å². The van der Waals surface area contributed by atoms with Crippen LogP contribution >= 0.6 is 0 Å². The number of hydrogen-bond acceptors (Lipinski definition) is 7. The van der Waals surface area contributed by atoms with Gasteiger partial charge in [0.05, 0.1) is 36.8 Å². The van der Waals surface area contributed by atoms with Crippen LogP contribution in [0, 0.1) is 18.3 Å². The molecular formula is C22H25N7O2. The predicted molar refractivity (Wildman–Crippen MR) is 117 cm³/mol.